The molecule has 0 aromatic heterocycles. The molecule has 0 unspecified atom stereocenters. The first kappa shape index (κ1) is 44.2. The molecule has 0 aliphatic heterocycles. The molecule has 56 heavy (non-hydrogen) atoms. The second-order valence-electron chi connectivity index (χ2n) is 15.0. The number of anilines is 1. The van der Waals surface area contributed by atoms with Gasteiger partial charge in [-0.25, -0.2) is 8.42 Å². The minimum absolute atomic E-state index is 0.0562. The van der Waals surface area contributed by atoms with Crippen molar-refractivity contribution in [1.29, 1.82) is 0 Å². The smallest absolute Gasteiger partial charge is 0.251 e. The zero-order valence-corrected chi connectivity index (χ0v) is 34.4. The molecule has 3 aromatic carbocycles. The molecule has 4 rings (SSSR count). The van der Waals surface area contributed by atoms with Crippen molar-refractivity contribution >= 4 is 50.9 Å². The predicted molar refractivity (Wildman–Crippen MR) is 219 cm³/mol. The lowest BCUT2D eigenvalue weighted by atomic mass is 9.92. The molecule has 0 radical (unpaired) electrons. The first-order valence-corrected chi connectivity index (χ1v) is 21.2. The van der Waals surface area contributed by atoms with Gasteiger partial charge in [-0.1, -0.05) is 67.9 Å². The van der Waals surface area contributed by atoms with Gasteiger partial charge in [-0.3, -0.25) is 23.5 Å². The fourth-order valence-electron chi connectivity index (χ4n) is 6.46. The number of nitrogens with zero attached hydrogens (tertiary/aromatic N) is 1. The Hall–Kier alpha value is -4.50. The Morgan fingerprint density at radius 3 is 2.04 bits per heavy atom. The van der Waals surface area contributed by atoms with E-state index in [-0.39, 0.29) is 53.2 Å². The standard InChI is InChI=1S/C41H55ClN6O7S/c1-25(2)37(41(53)45-33-15-17-36(49)18-16-33)47-38(50)27(4)43-24-34(19-28-11-8-7-9-12-28)46-40(52)31-20-30(22-35(23-31)48(5)56(6,54)55)39(51)44-26(3)29-13-10-14-32(42)21-29/h7-14,20-23,25-27,33-34,36-37,43,49H,15-19,24H2,1-6H3,(H,44,51)(H,45,53)(H,46,52)(H,47,50)/t26-,27+,33?,34+,36?,37+/m1/s1. The first-order chi connectivity index (χ1) is 26.4. The highest BCUT2D eigenvalue weighted by Crippen LogP contribution is 2.23. The maximum atomic E-state index is 14.0. The zero-order valence-electron chi connectivity index (χ0n) is 32.8. The van der Waals surface area contributed by atoms with Crippen molar-refractivity contribution in [1.82, 2.24) is 26.6 Å². The highest BCUT2D eigenvalue weighted by molar-refractivity contribution is 7.92. The average Bonchev–Trinajstić information content (AvgIpc) is 3.15. The lowest BCUT2D eigenvalue weighted by Gasteiger charge is -2.30. The summed E-state index contributed by atoms with van der Waals surface area (Å²) in [5.41, 5.74) is 1.93. The highest BCUT2D eigenvalue weighted by Gasteiger charge is 2.30. The topological polar surface area (TPSA) is 186 Å². The van der Waals surface area contributed by atoms with Gasteiger partial charge in [0.2, 0.25) is 21.8 Å². The minimum atomic E-state index is -3.76. The van der Waals surface area contributed by atoms with E-state index in [2.05, 4.69) is 26.6 Å². The number of hydrogen-bond acceptors (Lipinski definition) is 8. The summed E-state index contributed by atoms with van der Waals surface area (Å²) >= 11 is 6.16. The van der Waals surface area contributed by atoms with Gasteiger partial charge in [0.15, 0.2) is 0 Å². The van der Waals surface area contributed by atoms with E-state index < -0.39 is 46.0 Å². The van der Waals surface area contributed by atoms with E-state index in [0.29, 0.717) is 37.1 Å². The fraction of sp³-hybridized carbons (Fsp3) is 0.463. The van der Waals surface area contributed by atoms with Gasteiger partial charge < -0.3 is 31.7 Å². The molecule has 6 N–H and O–H groups in total. The van der Waals surface area contributed by atoms with Crippen LogP contribution in [0, 0.1) is 5.92 Å². The molecule has 15 heteroatoms. The Morgan fingerprint density at radius 2 is 1.45 bits per heavy atom. The quantitative estimate of drug-likeness (QED) is 0.118. The molecule has 0 bridgehead atoms. The second-order valence-corrected chi connectivity index (χ2v) is 17.4. The molecule has 304 valence electrons. The summed E-state index contributed by atoms with van der Waals surface area (Å²) < 4.78 is 26.1. The number of benzene rings is 3. The largest absolute Gasteiger partial charge is 0.393 e. The molecule has 13 nitrogen and oxygen atoms in total. The molecule has 1 saturated carbocycles. The van der Waals surface area contributed by atoms with Crippen molar-refractivity contribution in [3.05, 3.63) is 100 Å². The minimum Gasteiger partial charge on any atom is -0.393 e. The molecular formula is C41H55ClN6O7S. The number of sulfonamides is 1. The van der Waals surface area contributed by atoms with E-state index in [9.17, 15) is 32.7 Å². The van der Waals surface area contributed by atoms with Crippen molar-refractivity contribution in [2.75, 3.05) is 24.2 Å². The van der Waals surface area contributed by atoms with Gasteiger partial charge in [-0.15, -0.1) is 0 Å². The van der Waals surface area contributed by atoms with Gasteiger partial charge >= 0.3 is 0 Å². The third-order valence-electron chi connectivity index (χ3n) is 10.0. The molecule has 0 spiro atoms. The SMILES string of the molecule is CC(C)[C@H](NC(=O)[C@H](C)NC[C@H](Cc1ccccc1)NC(=O)c1cc(C(=O)N[C@H](C)c2cccc(Cl)c2)cc(N(C)S(C)(=O)=O)c1)C(=O)NC1CCC(O)CC1. The summed E-state index contributed by atoms with van der Waals surface area (Å²) in [6, 6.07) is 18.2. The second kappa shape index (κ2) is 20.1. The van der Waals surface area contributed by atoms with Crippen LogP contribution in [0.15, 0.2) is 72.8 Å². The third kappa shape index (κ3) is 13.0. The Balaban J connectivity index is 1.51. The average molecular weight is 811 g/mol. The lowest BCUT2D eigenvalue weighted by molar-refractivity contribution is -0.131. The summed E-state index contributed by atoms with van der Waals surface area (Å²) in [6.45, 7) is 7.33. The molecule has 1 aliphatic carbocycles. The molecule has 1 aliphatic rings. The number of nitrogens with one attached hydrogen (secondary N) is 5. The molecule has 4 amide bonds. The van der Waals surface area contributed by atoms with Crippen LogP contribution in [0.3, 0.4) is 0 Å². The van der Waals surface area contributed by atoms with Crippen molar-refractivity contribution in [3.8, 4) is 0 Å². The molecule has 0 heterocycles. The molecular weight excluding hydrogens is 756 g/mol. The van der Waals surface area contributed by atoms with Crippen molar-refractivity contribution in [3.63, 3.8) is 0 Å². The molecule has 4 atom stereocenters. The van der Waals surface area contributed by atoms with Crippen LogP contribution in [0.5, 0.6) is 0 Å². The normalized spacial score (nSPS) is 17.9. The van der Waals surface area contributed by atoms with Crippen LogP contribution in [0.25, 0.3) is 0 Å². The Labute approximate surface area is 335 Å². The van der Waals surface area contributed by atoms with E-state index in [1.807, 2.05) is 50.2 Å². The summed E-state index contributed by atoms with van der Waals surface area (Å²) in [5, 5.41) is 25.4. The zero-order chi connectivity index (χ0) is 41.2. The van der Waals surface area contributed by atoms with Crippen LogP contribution in [0.2, 0.25) is 5.02 Å². The molecule has 3 aromatic rings. The first-order valence-electron chi connectivity index (χ1n) is 18.9. The van der Waals surface area contributed by atoms with E-state index in [1.165, 1.54) is 25.2 Å². The molecule has 0 saturated heterocycles. The number of rotatable bonds is 17. The summed E-state index contributed by atoms with van der Waals surface area (Å²) in [7, 11) is -2.42. The van der Waals surface area contributed by atoms with Crippen LogP contribution in [0.1, 0.15) is 91.3 Å². The molecule has 1 fully saturated rings. The number of aliphatic hydroxyl groups is 1. The third-order valence-corrected chi connectivity index (χ3v) is 11.5. The maximum Gasteiger partial charge on any atom is 0.251 e. The van der Waals surface area contributed by atoms with Crippen molar-refractivity contribution in [2.24, 2.45) is 5.92 Å². The number of halogens is 1. The van der Waals surface area contributed by atoms with Crippen LogP contribution in [-0.2, 0) is 26.0 Å². The van der Waals surface area contributed by atoms with E-state index >= 15 is 0 Å². The van der Waals surface area contributed by atoms with Gasteiger partial charge in [0, 0.05) is 41.8 Å². The summed E-state index contributed by atoms with van der Waals surface area (Å²) in [6.07, 6.45) is 3.65. The van der Waals surface area contributed by atoms with Crippen molar-refractivity contribution < 1.29 is 32.7 Å². The van der Waals surface area contributed by atoms with Crippen LogP contribution >= 0.6 is 11.6 Å². The summed E-state index contributed by atoms with van der Waals surface area (Å²) in [4.78, 5) is 54.2. The number of amides is 4. The van der Waals surface area contributed by atoms with Crippen LogP contribution < -0.4 is 30.9 Å². The maximum absolute atomic E-state index is 14.0. The van der Waals surface area contributed by atoms with Gasteiger partial charge in [0.05, 0.1) is 30.1 Å². The van der Waals surface area contributed by atoms with Gasteiger partial charge in [-0.2, -0.15) is 0 Å². The van der Waals surface area contributed by atoms with Crippen molar-refractivity contribution in [2.45, 2.75) is 96.1 Å². The van der Waals surface area contributed by atoms with Gasteiger partial charge in [0.25, 0.3) is 11.8 Å². The fourth-order valence-corrected chi connectivity index (χ4v) is 7.15. The van der Waals surface area contributed by atoms with E-state index in [0.717, 1.165) is 21.7 Å². The Bertz CT molecular complexity index is 1940. The summed E-state index contributed by atoms with van der Waals surface area (Å²) in [5.74, 6) is -1.93. The Kier molecular flexibility index (Phi) is 15.9. The van der Waals surface area contributed by atoms with Gasteiger partial charge in [-0.05, 0) is 93.3 Å². The number of aliphatic hydroxyl groups excluding tert-OH is 1. The number of carbonyl (C=O) groups excluding carboxylic acids is 4. The van der Waals surface area contributed by atoms with Crippen LogP contribution in [-0.4, -0.2) is 87.3 Å². The Morgan fingerprint density at radius 1 is 0.821 bits per heavy atom. The monoisotopic (exact) mass is 810 g/mol. The van der Waals surface area contributed by atoms with E-state index in [1.54, 1.807) is 32.0 Å². The number of carbonyl (C=O) groups is 4. The number of hydrogen-bond donors (Lipinski definition) is 6. The predicted octanol–water partition coefficient (Wildman–Crippen LogP) is 4.11. The lowest BCUT2D eigenvalue weighted by Crippen LogP contribution is -2.56. The van der Waals surface area contributed by atoms with Crippen LogP contribution in [0.4, 0.5) is 5.69 Å². The van der Waals surface area contributed by atoms with Gasteiger partial charge in [0.1, 0.15) is 6.04 Å². The van der Waals surface area contributed by atoms with E-state index in [4.69, 9.17) is 11.6 Å². The highest BCUT2D eigenvalue weighted by atomic mass is 35.5.